The van der Waals surface area contributed by atoms with Crippen molar-refractivity contribution >= 4 is 33.4 Å². The maximum Gasteiger partial charge on any atom is 0.450 e. The average molecular weight is 419 g/mol. The fourth-order valence-corrected chi connectivity index (χ4v) is 2.51. The van der Waals surface area contributed by atoms with Crippen LogP contribution in [0.2, 0.25) is 0 Å². The second-order valence-electron chi connectivity index (χ2n) is 5.29. The summed E-state index contributed by atoms with van der Waals surface area (Å²) >= 11 is 3.26. The van der Waals surface area contributed by atoms with Crippen LogP contribution in [0.3, 0.4) is 0 Å². The number of alkyl halides is 3. The van der Waals surface area contributed by atoms with Crippen molar-refractivity contribution in [2.75, 3.05) is 18.9 Å². The van der Waals surface area contributed by atoms with Gasteiger partial charge in [-0.25, -0.2) is 0 Å². The molecule has 0 atom stereocenters. The highest BCUT2D eigenvalue weighted by Gasteiger charge is 2.40. The number of carbonyl (C=O) groups excluding carboxylic acids is 2. The summed E-state index contributed by atoms with van der Waals surface area (Å²) in [4.78, 5) is 25.2. The number of nitrogens with one attached hydrogen (secondary N) is 1. The van der Waals surface area contributed by atoms with Crippen molar-refractivity contribution in [1.82, 2.24) is 4.90 Å². The third kappa shape index (κ3) is 4.62. The Bertz CT molecular complexity index is 802. The number of halogens is 4. The molecule has 0 radical (unpaired) electrons. The lowest BCUT2D eigenvalue weighted by Gasteiger charge is -2.17. The van der Waals surface area contributed by atoms with Gasteiger partial charge in [-0.2, -0.15) is 13.2 Å². The lowest BCUT2D eigenvalue weighted by molar-refractivity contribution is -0.153. The van der Waals surface area contributed by atoms with Crippen LogP contribution in [0.15, 0.2) is 39.2 Å². The highest BCUT2D eigenvalue weighted by Crippen LogP contribution is 2.34. The monoisotopic (exact) mass is 418 g/mol. The Morgan fingerprint density at radius 3 is 2.52 bits per heavy atom. The number of furan rings is 1. The van der Waals surface area contributed by atoms with Crippen molar-refractivity contribution in [3.05, 3.63) is 51.9 Å². The fraction of sp³-hybridized carbons (Fsp3) is 0.250. The Labute approximate surface area is 149 Å². The average Bonchev–Trinajstić information content (AvgIpc) is 2.91. The van der Waals surface area contributed by atoms with Gasteiger partial charge in [0.1, 0.15) is 5.76 Å². The Kier molecular flexibility index (Phi) is 5.56. The maximum absolute atomic E-state index is 12.9. The van der Waals surface area contributed by atoms with E-state index in [9.17, 15) is 22.8 Å². The van der Waals surface area contributed by atoms with Gasteiger partial charge in [-0.05, 0) is 41.1 Å². The molecule has 0 bridgehead atoms. The van der Waals surface area contributed by atoms with Crippen molar-refractivity contribution in [3.8, 4) is 0 Å². The van der Waals surface area contributed by atoms with Gasteiger partial charge in [0.25, 0.3) is 5.91 Å². The lowest BCUT2D eigenvalue weighted by Crippen LogP contribution is -2.35. The van der Waals surface area contributed by atoms with E-state index in [-0.39, 0.29) is 5.76 Å². The highest BCUT2D eigenvalue weighted by molar-refractivity contribution is 9.10. The van der Waals surface area contributed by atoms with E-state index in [1.54, 1.807) is 24.3 Å². The number of amides is 2. The standard InChI is InChI=1S/C16H14BrF3N2O3/c1-9-7-10(14(25-9)16(18,19)20)15(24)22(2)8-13(23)21-12-6-4-3-5-11(12)17/h3-7H,8H2,1-2H3,(H,21,23). The number of para-hydroxylation sites is 1. The molecule has 25 heavy (non-hydrogen) atoms. The van der Waals surface area contributed by atoms with E-state index in [0.29, 0.717) is 10.2 Å². The smallest absolute Gasteiger partial charge is 0.450 e. The van der Waals surface area contributed by atoms with Crippen molar-refractivity contribution in [2.45, 2.75) is 13.1 Å². The van der Waals surface area contributed by atoms with Crippen molar-refractivity contribution in [1.29, 1.82) is 0 Å². The summed E-state index contributed by atoms with van der Waals surface area (Å²) < 4.78 is 44.0. The van der Waals surface area contributed by atoms with Crippen molar-refractivity contribution < 1.29 is 27.2 Å². The molecule has 1 heterocycles. The molecule has 2 rings (SSSR count). The Morgan fingerprint density at radius 2 is 1.92 bits per heavy atom. The van der Waals surface area contributed by atoms with Gasteiger partial charge < -0.3 is 14.6 Å². The van der Waals surface area contributed by atoms with Gasteiger partial charge in [0.2, 0.25) is 11.7 Å². The van der Waals surface area contributed by atoms with Crippen LogP contribution in [0.5, 0.6) is 0 Å². The summed E-state index contributed by atoms with van der Waals surface area (Å²) in [5.74, 6) is -2.90. The molecule has 0 unspecified atom stereocenters. The zero-order valence-electron chi connectivity index (χ0n) is 13.3. The number of anilines is 1. The Balaban J connectivity index is 2.11. The molecule has 0 aliphatic rings. The zero-order chi connectivity index (χ0) is 18.8. The highest BCUT2D eigenvalue weighted by atomic mass is 79.9. The minimum Gasteiger partial charge on any atom is -0.456 e. The summed E-state index contributed by atoms with van der Waals surface area (Å²) in [6.07, 6.45) is -4.79. The maximum atomic E-state index is 12.9. The predicted molar refractivity (Wildman–Crippen MR) is 88.2 cm³/mol. The molecule has 0 fully saturated rings. The topological polar surface area (TPSA) is 62.6 Å². The number of aryl methyl sites for hydroxylation is 1. The molecule has 1 N–H and O–H groups in total. The molecular weight excluding hydrogens is 405 g/mol. The van der Waals surface area contributed by atoms with Crippen LogP contribution in [0.4, 0.5) is 18.9 Å². The Morgan fingerprint density at radius 1 is 1.28 bits per heavy atom. The van der Waals surface area contributed by atoms with Crippen LogP contribution >= 0.6 is 15.9 Å². The first-order chi connectivity index (χ1) is 11.6. The van der Waals surface area contributed by atoms with Gasteiger partial charge in [0.05, 0.1) is 17.8 Å². The van der Waals surface area contributed by atoms with Gasteiger partial charge in [-0.15, -0.1) is 0 Å². The number of hydrogen-bond acceptors (Lipinski definition) is 3. The number of benzene rings is 1. The fourth-order valence-electron chi connectivity index (χ4n) is 2.13. The molecule has 0 saturated carbocycles. The van der Waals surface area contributed by atoms with E-state index in [4.69, 9.17) is 0 Å². The van der Waals surface area contributed by atoms with Crippen LogP contribution in [-0.2, 0) is 11.0 Å². The lowest BCUT2D eigenvalue weighted by atomic mass is 10.2. The SMILES string of the molecule is Cc1cc(C(=O)N(C)CC(=O)Nc2ccccc2Br)c(C(F)(F)F)o1. The molecule has 2 aromatic rings. The molecule has 0 saturated heterocycles. The number of carbonyl (C=O) groups is 2. The molecule has 0 aliphatic heterocycles. The van der Waals surface area contributed by atoms with Crippen LogP contribution in [0.25, 0.3) is 0 Å². The summed E-state index contributed by atoms with van der Waals surface area (Å²) in [5.41, 5.74) is -0.135. The molecule has 2 amide bonds. The van der Waals surface area contributed by atoms with E-state index in [0.717, 1.165) is 11.0 Å². The largest absolute Gasteiger partial charge is 0.456 e. The number of nitrogens with zero attached hydrogens (tertiary/aromatic N) is 1. The van der Waals surface area contributed by atoms with E-state index in [1.807, 2.05) is 0 Å². The van der Waals surface area contributed by atoms with Gasteiger partial charge in [0, 0.05) is 11.5 Å². The zero-order valence-corrected chi connectivity index (χ0v) is 14.9. The minimum atomic E-state index is -4.79. The van der Waals surface area contributed by atoms with Gasteiger partial charge >= 0.3 is 6.18 Å². The first kappa shape index (κ1) is 19.0. The van der Waals surface area contributed by atoms with Gasteiger partial charge in [-0.3, -0.25) is 9.59 Å². The molecule has 134 valence electrons. The number of hydrogen-bond donors (Lipinski definition) is 1. The summed E-state index contributed by atoms with van der Waals surface area (Å²) in [7, 11) is 1.24. The van der Waals surface area contributed by atoms with E-state index in [1.165, 1.54) is 14.0 Å². The number of rotatable bonds is 4. The summed E-state index contributed by atoms with van der Waals surface area (Å²) in [6.45, 7) is 0.896. The summed E-state index contributed by atoms with van der Waals surface area (Å²) in [6, 6.07) is 7.83. The second-order valence-corrected chi connectivity index (χ2v) is 6.14. The van der Waals surface area contributed by atoms with Crippen LogP contribution in [0.1, 0.15) is 21.9 Å². The molecule has 1 aromatic heterocycles. The molecule has 0 aliphatic carbocycles. The van der Waals surface area contributed by atoms with E-state index >= 15 is 0 Å². The molecule has 0 spiro atoms. The predicted octanol–water partition coefficient (Wildman–Crippen LogP) is 4.08. The normalized spacial score (nSPS) is 11.3. The second kappa shape index (κ2) is 7.30. The third-order valence-corrected chi connectivity index (χ3v) is 3.91. The molecule has 5 nitrogen and oxygen atoms in total. The van der Waals surface area contributed by atoms with Crippen molar-refractivity contribution in [3.63, 3.8) is 0 Å². The van der Waals surface area contributed by atoms with E-state index < -0.39 is 35.9 Å². The van der Waals surface area contributed by atoms with Crippen LogP contribution in [-0.4, -0.2) is 30.3 Å². The van der Waals surface area contributed by atoms with E-state index in [2.05, 4.69) is 25.7 Å². The summed E-state index contributed by atoms with van der Waals surface area (Å²) in [5, 5.41) is 2.57. The first-order valence-corrected chi connectivity index (χ1v) is 7.86. The first-order valence-electron chi connectivity index (χ1n) is 7.07. The van der Waals surface area contributed by atoms with Crippen molar-refractivity contribution in [2.24, 2.45) is 0 Å². The van der Waals surface area contributed by atoms with Crippen LogP contribution in [0, 0.1) is 6.92 Å². The molecular formula is C16H14BrF3N2O3. The number of likely N-dealkylation sites (N-methyl/N-ethyl adjacent to an activating group) is 1. The van der Waals surface area contributed by atoms with Crippen LogP contribution < -0.4 is 5.32 Å². The molecule has 9 heteroatoms. The Hall–Kier alpha value is -2.29. The minimum absolute atomic E-state index is 0.0401. The third-order valence-electron chi connectivity index (χ3n) is 3.22. The van der Waals surface area contributed by atoms with Gasteiger partial charge in [-0.1, -0.05) is 12.1 Å². The molecule has 1 aromatic carbocycles. The van der Waals surface area contributed by atoms with Gasteiger partial charge in [0.15, 0.2) is 0 Å². The quantitative estimate of drug-likeness (QED) is 0.813.